The summed E-state index contributed by atoms with van der Waals surface area (Å²) in [5, 5.41) is 6.88. The molecule has 0 aliphatic carbocycles. The minimum Gasteiger partial charge on any atom is -0.495 e. The van der Waals surface area contributed by atoms with E-state index in [-0.39, 0.29) is 24.6 Å². The van der Waals surface area contributed by atoms with Gasteiger partial charge in [0.2, 0.25) is 5.91 Å². The van der Waals surface area contributed by atoms with Gasteiger partial charge in [0.15, 0.2) is 5.11 Å². The zero-order valence-electron chi connectivity index (χ0n) is 20.4. The van der Waals surface area contributed by atoms with Crippen LogP contribution in [0.2, 0.25) is 0 Å². The lowest BCUT2D eigenvalue weighted by atomic mass is 10.0. The number of rotatable bonds is 8. The fourth-order valence-electron chi connectivity index (χ4n) is 4.56. The minimum absolute atomic E-state index is 0.0694. The summed E-state index contributed by atoms with van der Waals surface area (Å²) >= 11 is 5.87. The molecule has 0 bridgehead atoms. The summed E-state index contributed by atoms with van der Waals surface area (Å²) in [5.41, 5.74) is 4.10. The summed E-state index contributed by atoms with van der Waals surface area (Å²) in [7, 11) is 3.03. The summed E-state index contributed by atoms with van der Waals surface area (Å²) in [4.78, 5) is 23.3. The van der Waals surface area contributed by atoms with E-state index in [9.17, 15) is 4.79 Å². The topological polar surface area (TPSA) is 93.5 Å². The molecule has 1 saturated heterocycles. The Hall–Kier alpha value is -4.28. The molecule has 5 rings (SSSR count). The van der Waals surface area contributed by atoms with Crippen LogP contribution in [-0.2, 0) is 9.53 Å². The molecular weight excluding hydrogens is 488 g/mol. The second-order valence-electron chi connectivity index (χ2n) is 8.38. The van der Waals surface area contributed by atoms with Crippen LogP contribution in [0.4, 0.5) is 11.4 Å². The van der Waals surface area contributed by atoms with Gasteiger partial charge in [0.05, 0.1) is 36.4 Å². The maximum Gasteiger partial charge on any atom is 0.250 e. The molecule has 1 aliphatic rings. The molecule has 1 fully saturated rings. The lowest BCUT2D eigenvalue weighted by molar-refractivity contribution is -0.119. The second-order valence-corrected chi connectivity index (χ2v) is 8.76. The summed E-state index contributed by atoms with van der Waals surface area (Å²) in [6.45, 7) is -0.0694. The molecule has 1 aromatic carbocycles. The van der Waals surface area contributed by atoms with Crippen molar-refractivity contribution in [2.24, 2.45) is 0 Å². The highest BCUT2D eigenvalue weighted by molar-refractivity contribution is 7.80. The predicted molar refractivity (Wildman–Crippen MR) is 145 cm³/mol. The molecule has 1 aliphatic heterocycles. The fourth-order valence-corrected chi connectivity index (χ4v) is 4.91. The van der Waals surface area contributed by atoms with Crippen LogP contribution >= 0.6 is 12.2 Å². The van der Waals surface area contributed by atoms with Gasteiger partial charge in [0, 0.05) is 37.1 Å². The molecule has 4 heterocycles. The van der Waals surface area contributed by atoms with Crippen LogP contribution < -0.4 is 20.3 Å². The summed E-state index contributed by atoms with van der Waals surface area (Å²) in [6.07, 6.45) is 7.35. The maximum atomic E-state index is 12.3. The number of nitrogens with zero attached hydrogens (tertiary/aromatic N) is 4. The van der Waals surface area contributed by atoms with Crippen LogP contribution in [0, 0.1) is 0 Å². The van der Waals surface area contributed by atoms with Gasteiger partial charge in [-0.2, -0.15) is 0 Å². The number of nitrogens with one attached hydrogen (secondary N) is 2. The Morgan fingerprint density at radius 1 is 1.08 bits per heavy atom. The third-order valence-electron chi connectivity index (χ3n) is 6.12. The number of pyridine rings is 2. The first-order valence-electron chi connectivity index (χ1n) is 11.7. The van der Waals surface area contributed by atoms with Crippen molar-refractivity contribution in [1.29, 1.82) is 0 Å². The lowest BCUT2D eigenvalue weighted by Gasteiger charge is -2.29. The van der Waals surface area contributed by atoms with Crippen LogP contribution in [0.15, 0.2) is 85.5 Å². The van der Waals surface area contributed by atoms with Crippen LogP contribution in [-0.4, -0.2) is 46.4 Å². The van der Waals surface area contributed by atoms with Crippen LogP contribution in [0.3, 0.4) is 0 Å². The number of anilines is 2. The number of carbonyl (C=O) groups is 1. The fraction of sp³-hybridized carbons (Fsp3) is 0.185. The van der Waals surface area contributed by atoms with Crippen molar-refractivity contribution in [2.75, 3.05) is 31.0 Å². The van der Waals surface area contributed by atoms with Gasteiger partial charge in [0.25, 0.3) is 0 Å². The van der Waals surface area contributed by atoms with E-state index < -0.39 is 0 Å². The Morgan fingerprint density at radius 2 is 1.97 bits per heavy atom. The molecule has 0 saturated carbocycles. The number of ether oxygens (including phenoxy) is 2. The molecular formula is C27H26N6O3S. The average Bonchev–Trinajstić information content (AvgIpc) is 3.54. The number of thiocarbonyl (C=S) groups is 1. The highest BCUT2D eigenvalue weighted by Crippen LogP contribution is 2.43. The average molecular weight is 515 g/mol. The van der Waals surface area contributed by atoms with E-state index in [0.717, 1.165) is 22.8 Å². The first-order chi connectivity index (χ1) is 18.1. The van der Waals surface area contributed by atoms with Crippen molar-refractivity contribution in [2.45, 2.75) is 12.1 Å². The molecule has 1 amide bonds. The first-order valence-corrected chi connectivity index (χ1v) is 12.1. The van der Waals surface area contributed by atoms with Crippen molar-refractivity contribution < 1.29 is 14.3 Å². The number of methoxy groups -OCH3 is 2. The summed E-state index contributed by atoms with van der Waals surface area (Å²) in [5.74, 6) is 0.247. The smallest absolute Gasteiger partial charge is 0.250 e. The Balaban J connectivity index is 1.62. The Kier molecular flexibility index (Phi) is 7.11. The van der Waals surface area contributed by atoms with Crippen molar-refractivity contribution in [3.63, 3.8) is 0 Å². The molecule has 188 valence electrons. The molecule has 10 heteroatoms. The zero-order chi connectivity index (χ0) is 25.8. The SMILES string of the molecule is COCC(=O)Nc1cc(N2C(=S)N[C@H](c3ccccn3)[C@@H]2c2cccn2-c2cccnc2)ccc1OC. The standard InChI is InChI=1S/C27H26N6O3S/c1-35-17-24(34)30-21-15-18(10-11-23(21)36-2)33-26(25(31-27(33)37)20-8-3-4-13-29-20)22-9-6-14-32(22)19-7-5-12-28-16-19/h3-16,25-26H,17H2,1-2H3,(H,30,34)(H,31,37)/t25-,26+/m1/s1. The van der Waals surface area contributed by atoms with Crippen molar-refractivity contribution in [1.82, 2.24) is 19.9 Å². The van der Waals surface area contributed by atoms with Crippen molar-refractivity contribution in [3.05, 3.63) is 96.8 Å². The van der Waals surface area contributed by atoms with Gasteiger partial charge in [-0.1, -0.05) is 6.07 Å². The van der Waals surface area contributed by atoms with Crippen LogP contribution in [0.1, 0.15) is 23.5 Å². The van der Waals surface area contributed by atoms with Gasteiger partial charge in [-0.15, -0.1) is 0 Å². The minimum atomic E-state index is -0.284. The summed E-state index contributed by atoms with van der Waals surface area (Å²) < 4.78 is 12.6. The molecule has 4 aromatic rings. The summed E-state index contributed by atoms with van der Waals surface area (Å²) in [6, 6.07) is 18.9. The Morgan fingerprint density at radius 3 is 2.70 bits per heavy atom. The molecule has 2 N–H and O–H groups in total. The number of hydrogen-bond acceptors (Lipinski definition) is 6. The van der Waals surface area contributed by atoms with Gasteiger partial charge in [0.1, 0.15) is 18.4 Å². The van der Waals surface area contributed by atoms with E-state index in [1.807, 2.05) is 71.9 Å². The van der Waals surface area contributed by atoms with Crippen molar-refractivity contribution >= 4 is 34.6 Å². The highest BCUT2D eigenvalue weighted by atomic mass is 32.1. The Labute approximate surface area is 220 Å². The lowest BCUT2D eigenvalue weighted by Crippen LogP contribution is -2.30. The molecule has 3 aromatic heterocycles. The van der Waals surface area contributed by atoms with E-state index in [0.29, 0.717) is 16.5 Å². The predicted octanol–water partition coefficient (Wildman–Crippen LogP) is 4.04. The Bertz CT molecular complexity index is 1400. The van der Waals surface area contributed by atoms with Crippen molar-refractivity contribution in [3.8, 4) is 11.4 Å². The van der Waals surface area contributed by atoms with E-state index >= 15 is 0 Å². The molecule has 0 spiro atoms. The normalized spacial score (nSPS) is 16.9. The van der Waals surface area contributed by atoms with Gasteiger partial charge >= 0.3 is 0 Å². The van der Waals surface area contributed by atoms with Gasteiger partial charge in [-0.25, -0.2) is 0 Å². The number of benzene rings is 1. The molecule has 37 heavy (non-hydrogen) atoms. The molecule has 0 unspecified atom stereocenters. The van der Waals surface area contributed by atoms with E-state index in [1.54, 1.807) is 19.5 Å². The molecule has 0 radical (unpaired) electrons. The van der Waals surface area contributed by atoms with E-state index in [1.165, 1.54) is 7.11 Å². The van der Waals surface area contributed by atoms with E-state index in [4.69, 9.17) is 21.7 Å². The van der Waals surface area contributed by atoms with Crippen LogP contribution in [0.25, 0.3) is 5.69 Å². The quantitative estimate of drug-likeness (QED) is 0.341. The third kappa shape index (κ3) is 4.89. The first kappa shape index (κ1) is 24.4. The van der Waals surface area contributed by atoms with E-state index in [2.05, 4.69) is 31.2 Å². The molecule has 2 atom stereocenters. The van der Waals surface area contributed by atoms with Gasteiger partial charge in [-0.3, -0.25) is 14.8 Å². The number of carbonyl (C=O) groups excluding carboxylic acids is 1. The second kappa shape index (κ2) is 10.8. The van der Waals surface area contributed by atoms with Crippen LogP contribution in [0.5, 0.6) is 5.75 Å². The molecule has 9 nitrogen and oxygen atoms in total. The highest BCUT2D eigenvalue weighted by Gasteiger charge is 2.42. The number of aromatic nitrogens is 3. The van der Waals surface area contributed by atoms with Gasteiger partial charge < -0.3 is 29.6 Å². The zero-order valence-corrected chi connectivity index (χ0v) is 21.2. The number of hydrogen-bond donors (Lipinski definition) is 2. The largest absolute Gasteiger partial charge is 0.495 e. The monoisotopic (exact) mass is 514 g/mol. The van der Waals surface area contributed by atoms with Gasteiger partial charge in [-0.05, 0) is 66.8 Å². The third-order valence-corrected chi connectivity index (χ3v) is 6.43. The number of amides is 1. The maximum absolute atomic E-state index is 12.3.